The molecule has 146 valence electrons. The lowest BCUT2D eigenvalue weighted by Gasteiger charge is -2.12. The fraction of sp³-hybridized carbons (Fsp3) is 0.444. The van der Waals surface area contributed by atoms with Gasteiger partial charge in [0.1, 0.15) is 0 Å². The molecule has 0 fully saturated rings. The van der Waals surface area contributed by atoms with Gasteiger partial charge in [-0.1, -0.05) is 13.3 Å². The maximum absolute atomic E-state index is 12.0. The monoisotopic (exact) mass is 376 g/mol. The molecule has 2 aromatic rings. The first kappa shape index (κ1) is 20.2. The predicted molar refractivity (Wildman–Crippen MR) is 97.7 cm³/mol. The topological polar surface area (TPSA) is 97.6 Å². The van der Waals surface area contributed by atoms with Gasteiger partial charge in [-0.25, -0.2) is 9.48 Å². The first-order valence-corrected chi connectivity index (χ1v) is 8.52. The molecule has 9 nitrogen and oxygen atoms in total. The van der Waals surface area contributed by atoms with Crippen LogP contribution in [0.3, 0.4) is 0 Å². The fourth-order valence-corrected chi connectivity index (χ4v) is 2.35. The van der Waals surface area contributed by atoms with Gasteiger partial charge in [-0.2, -0.15) is 0 Å². The van der Waals surface area contributed by atoms with Gasteiger partial charge in [0.2, 0.25) is 5.75 Å². The number of rotatable bonds is 10. The van der Waals surface area contributed by atoms with Gasteiger partial charge in [-0.05, 0) is 40.6 Å². The third-order valence-electron chi connectivity index (χ3n) is 3.77. The molecule has 2 rings (SSSR count). The number of aromatic nitrogens is 4. The highest BCUT2D eigenvalue weighted by Crippen LogP contribution is 2.38. The van der Waals surface area contributed by atoms with Crippen molar-refractivity contribution in [3.63, 3.8) is 0 Å². The number of hydrogen-bond acceptors (Lipinski definition) is 8. The van der Waals surface area contributed by atoms with E-state index in [-0.39, 0.29) is 6.61 Å². The van der Waals surface area contributed by atoms with Gasteiger partial charge in [0.05, 0.1) is 21.3 Å². The molecule has 0 aliphatic rings. The number of hydrogen-bond donors (Lipinski definition) is 0. The number of methoxy groups -OCH3 is 3. The number of esters is 1. The van der Waals surface area contributed by atoms with E-state index in [0.717, 1.165) is 12.8 Å². The van der Waals surface area contributed by atoms with Crippen LogP contribution in [0.15, 0.2) is 18.2 Å². The Hall–Kier alpha value is -3.10. The Morgan fingerprint density at radius 3 is 2.44 bits per heavy atom. The van der Waals surface area contributed by atoms with Crippen molar-refractivity contribution in [3.05, 3.63) is 29.6 Å². The van der Waals surface area contributed by atoms with E-state index < -0.39 is 5.97 Å². The fourth-order valence-electron chi connectivity index (χ4n) is 2.35. The highest BCUT2D eigenvalue weighted by Gasteiger charge is 2.12. The molecule has 0 unspecified atom stereocenters. The number of aryl methyl sites for hydroxylation is 1. The number of ether oxygens (including phenoxy) is 4. The third kappa shape index (κ3) is 5.44. The summed E-state index contributed by atoms with van der Waals surface area (Å²) in [6.45, 7) is 2.78. The molecule has 27 heavy (non-hydrogen) atoms. The third-order valence-corrected chi connectivity index (χ3v) is 3.77. The van der Waals surface area contributed by atoms with Crippen molar-refractivity contribution < 1.29 is 23.7 Å². The molecule has 0 N–H and O–H groups in total. The minimum Gasteiger partial charge on any atom is -0.493 e. The zero-order chi connectivity index (χ0) is 19.6. The van der Waals surface area contributed by atoms with Crippen LogP contribution in [0.25, 0.3) is 6.08 Å². The summed E-state index contributed by atoms with van der Waals surface area (Å²) in [4.78, 5) is 12.0. The first-order chi connectivity index (χ1) is 13.1. The van der Waals surface area contributed by atoms with Crippen LogP contribution in [-0.4, -0.2) is 47.5 Å². The van der Waals surface area contributed by atoms with Crippen LogP contribution in [0.4, 0.5) is 0 Å². The second-order valence-electron chi connectivity index (χ2n) is 5.57. The molecule has 1 aromatic carbocycles. The van der Waals surface area contributed by atoms with E-state index in [2.05, 4.69) is 22.4 Å². The van der Waals surface area contributed by atoms with Crippen LogP contribution in [0, 0.1) is 0 Å². The van der Waals surface area contributed by atoms with E-state index in [1.54, 1.807) is 22.9 Å². The summed E-state index contributed by atoms with van der Waals surface area (Å²) in [6, 6.07) is 3.47. The van der Waals surface area contributed by atoms with Crippen molar-refractivity contribution in [1.29, 1.82) is 0 Å². The molecule has 1 aromatic heterocycles. The molecule has 0 atom stereocenters. The molecule has 0 aliphatic heterocycles. The molecule has 9 heteroatoms. The van der Waals surface area contributed by atoms with Crippen LogP contribution >= 0.6 is 0 Å². The van der Waals surface area contributed by atoms with E-state index in [0.29, 0.717) is 35.2 Å². The number of carbonyl (C=O) groups excluding carboxylic acids is 1. The SMILES string of the molecule is CCCCn1nnnc1COC(=O)/C=C/c1cc(OC)c(OC)c(OC)c1. The molecular weight excluding hydrogens is 352 g/mol. The van der Waals surface area contributed by atoms with Crippen molar-refractivity contribution in [1.82, 2.24) is 20.2 Å². The molecule has 0 saturated heterocycles. The molecule has 1 heterocycles. The van der Waals surface area contributed by atoms with Gasteiger partial charge < -0.3 is 18.9 Å². The summed E-state index contributed by atoms with van der Waals surface area (Å²) in [7, 11) is 4.59. The number of nitrogens with zero attached hydrogens (tertiary/aromatic N) is 4. The number of carbonyl (C=O) groups is 1. The highest BCUT2D eigenvalue weighted by atomic mass is 16.5. The normalized spacial score (nSPS) is 10.8. The first-order valence-electron chi connectivity index (χ1n) is 8.52. The van der Waals surface area contributed by atoms with Crippen LogP contribution in [0.5, 0.6) is 17.2 Å². The summed E-state index contributed by atoms with van der Waals surface area (Å²) in [5.74, 6) is 1.49. The Kier molecular flexibility index (Phi) is 7.60. The summed E-state index contributed by atoms with van der Waals surface area (Å²) >= 11 is 0. The smallest absolute Gasteiger partial charge is 0.331 e. The molecule has 0 bridgehead atoms. The maximum Gasteiger partial charge on any atom is 0.331 e. The minimum absolute atomic E-state index is 0.00907. The number of benzene rings is 1. The standard InChI is InChI=1S/C18H24N4O5/c1-5-6-9-22-16(19-20-21-22)12-27-17(23)8-7-13-10-14(24-2)18(26-4)15(11-13)25-3/h7-8,10-11H,5-6,9,12H2,1-4H3/b8-7+. The maximum atomic E-state index is 12.0. The quantitative estimate of drug-likeness (QED) is 0.460. The second-order valence-corrected chi connectivity index (χ2v) is 5.57. The average Bonchev–Trinajstić information content (AvgIpc) is 3.15. The van der Waals surface area contributed by atoms with Crippen molar-refractivity contribution >= 4 is 12.0 Å². The van der Waals surface area contributed by atoms with Crippen LogP contribution < -0.4 is 14.2 Å². The summed E-state index contributed by atoms with van der Waals surface area (Å²) < 4.78 is 22.7. The van der Waals surface area contributed by atoms with Crippen LogP contribution in [0.2, 0.25) is 0 Å². The van der Waals surface area contributed by atoms with Gasteiger partial charge in [0.25, 0.3) is 0 Å². The van der Waals surface area contributed by atoms with E-state index in [4.69, 9.17) is 18.9 Å². The predicted octanol–water partition coefficient (Wildman–Crippen LogP) is 2.26. The Morgan fingerprint density at radius 1 is 1.15 bits per heavy atom. The Labute approximate surface area is 157 Å². The van der Waals surface area contributed by atoms with E-state index in [1.807, 2.05) is 0 Å². The van der Waals surface area contributed by atoms with Gasteiger partial charge in [-0.15, -0.1) is 5.10 Å². The zero-order valence-electron chi connectivity index (χ0n) is 16.0. The van der Waals surface area contributed by atoms with Crippen LogP contribution in [-0.2, 0) is 22.7 Å². The average molecular weight is 376 g/mol. The summed E-state index contributed by atoms with van der Waals surface area (Å²) in [5.41, 5.74) is 0.703. The molecule has 0 spiro atoms. The molecule has 0 radical (unpaired) electrons. The lowest BCUT2D eigenvalue weighted by molar-refractivity contribution is -0.139. The lowest BCUT2D eigenvalue weighted by Crippen LogP contribution is -2.09. The molecule has 0 saturated carbocycles. The Morgan fingerprint density at radius 2 is 1.85 bits per heavy atom. The van der Waals surface area contributed by atoms with Gasteiger partial charge in [0.15, 0.2) is 23.9 Å². The van der Waals surface area contributed by atoms with E-state index in [1.165, 1.54) is 27.4 Å². The second kappa shape index (κ2) is 10.1. The Bertz CT molecular complexity index is 763. The molecule has 0 amide bonds. The van der Waals surface area contributed by atoms with Crippen molar-refractivity contribution in [2.24, 2.45) is 0 Å². The number of unbranched alkanes of at least 4 members (excludes halogenated alkanes) is 1. The lowest BCUT2D eigenvalue weighted by atomic mass is 10.1. The van der Waals surface area contributed by atoms with Crippen LogP contribution in [0.1, 0.15) is 31.2 Å². The van der Waals surface area contributed by atoms with Gasteiger partial charge in [-0.3, -0.25) is 0 Å². The highest BCUT2D eigenvalue weighted by molar-refractivity contribution is 5.87. The summed E-state index contributed by atoms with van der Waals surface area (Å²) in [6.07, 6.45) is 4.90. The number of tetrazole rings is 1. The van der Waals surface area contributed by atoms with Crippen molar-refractivity contribution in [2.75, 3.05) is 21.3 Å². The van der Waals surface area contributed by atoms with E-state index in [9.17, 15) is 4.79 Å². The van der Waals surface area contributed by atoms with Crippen molar-refractivity contribution in [3.8, 4) is 17.2 Å². The van der Waals surface area contributed by atoms with Gasteiger partial charge in [0, 0.05) is 12.6 Å². The largest absolute Gasteiger partial charge is 0.493 e. The Balaban J connectivity index is 2.01. The molecule has 0 aliphatic carbocycles. The molecular formula is C18H24N4O5. The van der Waals surface area contributed by atoms with Gasteiger partial charge >= 0.3 is 5.97 Å². The summed E-state index contributed by atoms with van der Waals surface area (Å²) in [5, 5.41) is 11.4. The minimum atomic E-state index is -0.506. The zero-order valence-corrected chi connectivity index (χ0v) is 16.0. The van der Waals surface area contributed by atoms with E-state index >= 15 is 0 Å². The van der Waals surface area contributed by atoms with Crippen molar-refractivity contribution in [2.45, 2.75) is 32.9 Å².